The van der Waals surface area contributed by atoms with Gasteiger partial charge in [-0.25, -0.2) is 9.59 Å². The number of rotatable bonds is 3. The van der Waals surface area contributed by atoms with Gasteiger partial charge >= 0.3 is 11.7 Å². The molecule has 3 N–H and O–H groups in total. The molecule has 0 spiro atoms. The molecule has 0 saturated carbocycles. The van der Waals surface area contributed by atoms with Crippen molar-refractivity contribution in [1.82, 2.24) is 4.57 Å². The Morgan fingerprint density at radius 1 is 1.19 bits per heavy atom. The van der Waals surface area contributed by atoms with Crippen molar-refractivity contribution in [1.29, 1.82) is 0 Å². The first kappa shape index (κ1) is 13.0. The van der Waals surface area contributed by atoms with Crippen molar-refractivity contribution >= 4 is 22.8 Å². The third-order valence-electron chi connectivity index (χ3n) is 3.30. The average Bonchev–Trinajstić information content (AvgIpc) is 2.75. The summed E-state index contributed by atoms with van der Waals surface area (Å²) in [5, 5.41) is 9.27. The summed E-state index contributed by atoms with van der Waals surface area (Å²) in [5.74, 6) is -1.65. The van der Waals surface area contributed by atoms with Crippen LogP contribution in [0.4, 0.5) is 5.69 Å². The molecule has 0 aliphatic rings. The van der Waals surface area contributed by atoms with Gasteiger partial charge in [0.05, 0.1) is 17.6 Å². The third-order valence-corrected chi connectivity index (χ3v) is 3.30. The number of para-hydroxylation sites is 2. The highest BCUT2D eigenvalue weighted by atomic mass is 16.4. The number of aromatic nitrogens is 1. The van der Waals surface area contributed by atoms with E-state index in [-0.39, 0.29) is 17.8 Å². The van der Waals surface area contributed by atoms with E-state index in [2.05, 4.69) is 0 Å². The highest BCUT2D eigenvalue weighted by Crippen LogP contribution is 2.20. The van der Waals surface area contributed by atoms with Crippen LogP contribution in [-0.4, -0.2) is 15.6 Å². The minimum Gasteiger partial charge on any atom is -0.478 e. The van der Waals surface area contributed by atoms with Gasteiger partial charge in [-0.3, -0.25) is 4.57 Å². The average molecular weight is 284 g/mol. The molecule has 1 heterocycles. The van der Waals surface area contributed by atoms with Gasteiger partial charge in [0.1, 0.15) is 0 Å². The molecule has 3 aromatic rings. The Balaban J connectivity index is 2.16. The predicted octanol–water partition coefficient (Wildman–Crippen LogP) is 1.92. The summed E-state index contributed by atoms with van der Waals surface area (Å²) in [7, 11) is 0. The summed E-state index contributed by atoms with van der Waals surface area (Å²) in [6, 6.07) is 11.8. The Labute approximate surface area is 119 Å². The molecule has 0 fully saturated rings. The van der Waals surface area contributed by atoms with Gasteiger partial charge < -0.3 is 15.3 Å². The van der Waals surface area contributed by atoms with Crippen LogP contribution in [0.15, 0.2) is 51.7 Å². The Morgan fingerprint density at radius 2 is 1.95 bits per heavy atom. The summed E-state index contributed by atoms with van der Waals surface area (Å²) in [6.07, 6.45) is 0. The number of nitrogen functional groups attached to an aromatic ring is 1. The second kappa shape index (κ2) is 4.82. The summed E-state index contributed by atoms with van der Waals surface area (Å²) in [5.41, 5.74) is 7.42. The normalized spacial score (nSPS) is 10.9. The van der Waals surface area contributed by atoms with Crippen molar-refractivity contribution in [2.75, 3.05) is 5.73 Å². The van der Waals surface area contributed by atoms with E-state index in [1.54, 1.807) is 36.4 Å². The zero-order valence-corrected chi connectivity index (χ0v) is 10.9. The fourth-order valence-corrected chi connectivity index (χ4v) is 2.35. The number of nitrogens with zero attached hydrogens (tertiary/aromatic N) is 1. The minimum absolute atomic E-state index is 0.00896. The van der Waals surface area contributed by atoms with E-state index in [0.717, 1.165) is 0 Å². The maximum atomic E-state index is 11.9. The van der Waals surface area contributed by atoms with Crippen LogP contribution in [0.25, 0.3) is 11.1 Å². The summed E-state index contributed by atoms with van der Waals surface area (Å²) in [6.45, 7) is 0.0858. The van der Waals surface area contributed by atoms with Gasteiger partial charge in [-0.15, -0.1) is 0 Å². The topological polar surface area (TPSA) is 98.5 Å². The zero-order chi connectivity index (χ0) is 15.0. The minimum atomic E-state index is -1.12. The van der Waals surface area contributed by atoms with Gasteiger partial charge in [-0.05, 0) is 23.8 Å². The van der Waals surface area contributed by atoms with Gasteiger partial charge in [0, 0.05) is 5.69 Å². The van der Waals surface area contributed by atoms with Crippen LogP contribution >= 0.6 is 0 Å². The van der Waals surface area contributed by atoms with Crippen LogP contribution in [0.1, 0.15) is 15.9 Å². The summed E-state index contributed by atoms with van der Waals surface area (Å²) < 4.78 is 6.52. The van der Waals surface area contributed by atoms with E-state index < -0.39 is 11.7 Å². The highest BCUT2D eigenvalue weighted by molar-refractivity contribution is 5.95. The lowest BCUT2D eigenvalue weighted by Crippen LogP contribution is -2.17. The maximum absolute atomic E-state index is 11.9. The fraction of sp³-hybridized carbons (Fsp3) is 0.0667. The van der Waals surface area contributed by atoms with E-state index in [4.69, 9.17) is 10.2 Å². The van der Waals surface area contributed by atoms with E-state index in [0.29, 0.717) is 16.7 Å². The monoisotopic (exact) mass is 284 g/mol. The standard InChI is InChI=1S/C15H12N2O4/c16-10-5-3-4-9(13(10)14(18)19)8-17-11-6-1-2-7-12(11)21-15(17)20/h1-7H,8,16H2,(H,18,19). The molecule has 21 heavy (non-hydrogen) atoms. The molecule has 2 aromatic carbocycles. The van der Waals surface area contributed by atoms with Crippen molar-refractivity contribution < 1.29 is 14.3 Å². The first-order valence-electron chi connectivity index (χ1n) is 6.27. The van der Waals surface area contributed by atoms with Crippen molar-refractivity contribution in [2.24, 2.45) is 0 Å². The number of carbonyl (C=O) groups is 1. The van der Waals surface area contributed by atoms with Crippen molar-refractivity contribution in [2.45, 2.75) is 6.54 Å². The van der Waals surface area contributed by atoms with Crippen LogP contribution in [-0.2, 0) is 6.54 Å². The number of oxazole rings is 1. The van der Waals surface area contributed by atoms with Gasteiger partial charge in [0.2, 0.25) is 0 Å². The number of fused-ring (bicyclic) bond motifs is 1. The number of benzene rings is 2. The Morgan fingerprint density at radius 3 is 2.71 bits per heavy atom. The number of aromatic carboxylic acids is 1. The molecule has 0 atom stereocenters. The van der Waals surface area contributed by atoms with Crippen LogP contribution in [0, 0.1) is 0 Å². The molecule has 0 bridgehead atoms. The van der Waals surface area contributed by atoms with Crippen LogP contribution in [0.3, 0.4) is 0 Å². The molecule has 0 radical (unpaired) electrons. The van der Waals surface area contributed by atoms with Gasteiger partial charge in [0.15, 0.2) is 5.58 Å². The molecule has 0 saturated heterocycles. The quantitative estimate of drug-likeness (QED) is 0.716. The third kappa shape index (κ3) is 2.16. The number of carboxylic acids is 1. The predicted molar refractivity (Wildman–Crippen MR) is 77.4 cm³/mol. The molecule has 106 valence electrons. The van der Waals surface area contributed by atoms with E-state index >= 15 is 0 Å². The second-order valence-corrected chi connectivity index (χ2v) is 4.61. The van der Waals surface area contributed by atoms with E-state index in [1.165, 1.54) is 10.6 Å². The molecule has 0 unspecified atom stereocenters. The van der Waals surface area contributed by atoms with Crippen molar-refractivity contribution in [3.8, 4) is 0 Å². The molecule has 6 heteroatoms. The van der Waals surface area contributed by atoms with E-state index in [9.17, 15) is 14.7 Å². The Hall–Kier alpha value is -3.02. The first-order valence-corrected chi connectivity index (χ1v) is 6.27. The van der Waals surface area contributed by atoms with Crippen LogP contribution in [0.5, 0.6) is 0 Å². The summed E-state index contributed by atoms with van der Waals surface area (Å²) >= 11 is 0. The molecule has 3 rings (SSSR count). The molecule has 0 amide bonds. The Kier molecular flexibility index (Phi) is 2.98. The number of anilines is 1. The largest absolute Gasteiger partial charge is 0.478 e. The lowest BCUT2D eigenvalue weighted by atomic mass is 10.1. The first-order chi connectivity index (χ1) is 10.1. The highest BCUT2D eigenvalue weighted by Gasteiger charge is 2.16. The number of nitrogens with two attached hydrogens (primary N) is 1. The zero-order valence-electron chi connectivity index (χ0n) is 10.9. The summed E-state index contributed by atoms with van der Waals surface area (Å²) in [4.78, 5) is 23.3. The smallest absolute Gasteiger partial charge is 0.420 e. The lowest BCUT2D eigenvalue weighted by molar-refractivity contribution is 0.0696. The van der Waals surface area contributed by atoms with Crippen LogP contribution in [0.2, 0.25) is 0 Å². The number of hydrogen-bond donors (Lipinski definition) is 2. The molecule has 0 aliphatic carbocycles. The molecule has 0 aliphatic heterocycles. The van der Waals surface area contributed by atoms with Gasteiger partial charge in [-0.1, -0.05) is 24.3 Å². The van der Waals surface area contributed by atoms with E-state index in [1.807, 2.05) is 0 Å². The van der Waals surface area contributed by atoms with Gasteiger partial charge in [-0.2, -0.15) is 0 Å². The fourth-order valence-electron chi connectivity index (χ4n) is 2.35. The molecule has 1 aromatic heterocycles. The molecule has 6 nitrogen and oxygen atoms in total. The van der Waals surface area contributed by atoms with Gasteiger partial charge in [0.25, 0.3) is 0 Å². The number of hydrogen-bond acceptors (Lipinski definition) is 4. The second-order valence-electron chi connectivity index (χ2n) is 4.61. The van der Waals surface area contributed by atoms with Crippen molar-refractivity contribution in [3.63, 3.8) is 0 Å². The maximum Gasteiger partial charge on any atom is 0.420 e. The lowest BCUT2D eigenvalue weighted by Gasteiger charge is -2.09. The molecular formula is C15H12N2O4. The van der Waals surface area contributed by atoms with Crippen molar-refractivity contribution in [3.05, 3.63) is 64.1 Å². The SMILES string of the molecule is Nc1cccc(Cn2c(=O)oc3ccccc32)c1C(=O)O. The number of carboxylic acid groups (broad SMARTS) is 1. The molecular weight excluding hydrogens is 272 g/mol. The Bertz CT molecular complexity index is 892. The van der Waals surface area contributed by atoms with Crippen LogP contribution < -0.4 is 11.5 Å².